The molecular weight excluding hydrogens is 363 g/mol. The van der Waals surface area contributed by atoms with Crippen LogP contribution in [0.2, 0.25) is 0 Å². The third-order valence-electron chi connectivity index (χ3n) is 3.45. The minimum Gasteiger partial charge on any atom is -0.493 e. The Morgan fingerprint density at radius 1 is 0.962 bits per heavy atom. The first-order valence-corrected chi connectivity index (χ1v) is 7.10. The van der Waals surface area contributed by atoms with Gasteiger partial charge in [0, 0.05) is 5.56 Å². The van der Waals surface area contributed by atoms with Gasteiger partial charge in [-0.25, -0.2) is 13.2 Å². The number of ether oxygens (including phenoxy) is 3. The number of carbonyl (C=O) groups excluding carboxylic acids is 1. The quantitative estimate of drug-likeness (QED) is 0.425. The molecule has 2 rings (SSSR count). The van der Waals surface area contributed by atoms with Crippen LogP contribution in [0, 0.1) is 17.5 Å². The van der Waals surface area contributed by atoms with Crippen LogP contribution in [0.15, 0.2) is 24.3 Å². The van der Waals surface area contributed by atoms with Crippen LogP contribution in [0.4, 0.5) is 22.0 Å². The fourth-order valence-corrected chi connectivity index (χ4v) is 2.12. The van der Waals surface area contributed by atoms with Gasteiger partial charge in [-0.3, -0.25) is 4.79 Å². The van der Waals surface area contributed by atoms with E-state index in [0.717, 1.165) is 26.4 Å². The van der Waals surface area contributed by atoms with Gasteiger partial charge in [0.1, 0.15) is 5.56 Å². The van der Waals surface area contributed by atoms with Gasteiger partial charge in [-0.2, -0.15) is 8.78 Å². The van der Waals surface area contributed by atoms with Crippen LogP contribution in [-0.4, -0.2) is 20.0 Å². The van der Waals surface area contributed by atoms with Gasteiger partial charge in [0.05, 0.1) is 14.2 Å². The zero-order chi connectivity index (χ0) is 19.6. The van der Waals surface area contributed by atoms with E-state index in [1.165, 1.54) is 6.92 Å². The Kier molecular flexibility index (Phi) is 5.38. The molecule has 9 heteroatoms. The molecule has 140 valence electrons. The van der Waals surface area contributed by atoms with Crippen molar-refractivity contribution in [3.05, 3.63) is 52.8 Å². The Morgan fingerprint density at radius 3 is 1.96 bits per heavy atom. The number of methoxy groups -OCH3 is 2. The minimum absolute atomic E-state index is 0.0911. The lowest BCUT2D eigenvalue weighted by Gasteiger charge is -2.22. The first-order chi connectivity index (χ1) is 12.1. The maximum absolute atomic E-state index is 14.4. The van der Waals surface area contributed by atoms with E-state index >= 15 is 0 Å². The summed E-state index contributed by atoms with van der Waals surface area (Å²) in [4.78, 5) is 11.5. The molecule has 4 nitrogen and oxygen atoms in total. The predicted molar refractivity (Wildman–Crippen MR) is 80.4 cm³/mol. The topological polar surface area (TPSA) is 44.8 Å². The summed E-state index contributed by atoms with van der Waals surface area (Å²) >= 11 is 0. The second-order valence-electron chi connectivity index (χ2n) is 5.11. The number of hydrogen-bond donors (Lipinski definition) is 0. The van der Waals surface area contributed by atoms with Gasteiger partial charge in [-0.15, -0.1) is 0 Å². The third kappa shape index (κ3) is 3.56. The smallest absolute Gasteiger partial charge is 0.429 e. The molecule has 26 heavy (non-hydrogen) atoms. The molecule has 0 unspecified atom stereocenters. The summed E-state index contributed by atoms with van der Waals surface area (Å²) < 4.78 is 83.0. The van der Waals surface area contributed by atoms with E-state index in [1.54, 1.807) is 0 Å². The molecule has 2 aromatic rings. The summed E-state index contributed by atoms with van der Waals surface area (Å²) in [6.45, 7) is 1.24. The van der Waals surface area contributed by atoms with Crippen LogP contribution >= 0.6 is 0 Å². The number of benzene rings is 2. The van der Waals surface area contributed by atoms with Gasteiger partial charge in [-0.1, -0.05) is 0 Å². The molecule has 0 aliphatic rings. The van der Waals surface area contributed by atoms with Crippen LogP contribution in [0.5, 0.6) is 17.2 Å². The lowest BCUT2D eigenvalue weighted by Crippen LogP contribution is -2.25. The third-order valence-corrected chi connectivity index (χ3v) is 3.45. The van der Waals surface area contributed by atoms with Gasteiger partial charge in [0.15, 0.2) is 34.7 Å². The first-order valence-electron chi connectivity index (χ1n) is 7.10. The van der Waals surface area contributed by atoms with Crippen LogP contribution in [0.1, 0.15) is 22.8 Å². The lowest BCUT2D eigenvalue weighted by molar-refractivity contribution is -0.189. The van der Waals surface area contributed by atoms with Crippen LogP contribution < -0.4 is 14.2 Å². The number of alkyl halides is 2. The molecule has 0 saturated carbocycles. The minimum atomic E-state index is -4.39. The Labute approximate surface area is 145 Å². The van der Waals surface area contributed by atoms with Gasteiger partial charge in [0.25, 0.3) is 0 Å². The Balaban J connectivity index is 2.56. The maximum Gasteiger partial charge on any atom is 0.429 e. The number of rotatable bonds is 6. The molecule has 0 heterocycles. The van der Waals surface area contributed by atoms with Gasteiger partial charge in [-0.05, 0) is 31.2 Å². The van der Waals surface area contributed by atoms with E-state index in [-0.39, 0.29) is 17.1 Å². The molecule has 0 fully saturated rings. The van der Waals surface area contributed by atoms with Crippen molar-refractivity contribution < 1.29 is 41.0 Å². The standard InChI is InChI=1S/C17H13F5O4/c1-8(23)9-6-12(24-2)16(13(7-9)25-3)26-17(21,22)10-4-5-11(18)15(20)14(10)19/h4-7H,1-3H3. The number of Topliss-reactive ketones (excluding diaryl/α,β-unsaturated/α-hetero) is 1. The molecule has 0 radical (unpaired) electrons. The van der Waals surface area contributed by atoms with E-state index in [9.17, 15) is 26.7 Å². The summed E-state index contributed by atoms with van der Waals surface area (Å²) in [6, 6.07) is 2.95. The molecule has 0 atom stereocenters. The second kappa shape index (κ2) is 7.19. The van der Waals surface area contributed by atoms with Gasteiger partial charge >= 0.3 is 6.11 Å². The molecule has 0 N–H and O–H groups in total. The van der Waals surface area contributed by atoms with Crippen LogP contribution in [0.25, 0.3) is 0 Å². The average molecular weight is 376 g/mol. The Bertz CT molecular complexity index is 826. The summed E-state index contributed by atoms with van der Waals surface area (Å²) in [6.07, 6.45) is -4.39. The summed E-state index contributed by atoms with van der Waals surface area (Å²) in [5, 5.41) is 0. The fraction of sp³-hybridized carbons (Fsp3) is 0.235. The zero-order valence-corrected chi connectivity index (χ0v) is 13.8. The molecule has 0 aromatic heterocycles. The van der Waals surface area contributed by atoms with Gasteiger partial charge < -0.3 is 14.2 Å². The fourth-order valence-electron chi connectivity index (χ4n) is 2.12. The number of carbonyl (C=O) groups is 1. The molecule has 0 aliphatic carbocycles. The Hall–Kier alpha value is -2.84. The molecule has 0 saturated heterocycles. The summed E-state index contributed by atoms with van der Waals surface area (Å²) in [5.74, 6) is -7.40. The monoisotopic (exact) mass is 376 g/mol. The van der Waals surface area contributed by atoms with Crippen molar-refractivity contribution in [2.45, 2.75) is 13.0 Å². The Morgan fingerprint density at radius 2 is 1.50 bits per heavy atom. The van der Waals surface area contributed by atoms with E-state index < -0.39 is 40.7 Å². The molecular formula is C17H13F5O4. The SMILES string of the molecule is COc1cc(C(C)=O)cc(OC)c1OC(F)(F)c1ccc(F)c(F)c1F. The highest BCUT2D eigenvalue weighted by molar-refractivity contribution is 5.95. The molecule has 0 aliphatic heterocycles. The van der Waals surface area contributed by atoms with Crippen molar-refractivity contribution in [2.75, 3.05) is 14.2 Å². The van der Waals surface area contributed by atoms with Crippen LogP contribution in [-0.2, 0) is 6.11 Å². The highest BCUT2D eigenvalue weighted by Gasteiger charge is 2.41. The van der Waals surface area contributed by atoms with Crippen molar-refractivity contribution in [3.8, 4) is 17.2 Å². The lowest BCUT2D eigenvalue weighted by atomic mass is 10.1. The maximum atomic E-state index is 14.4. The molecule has 0 spiro atoms. The normalized spacial score (nSPS) is 11.2. The number of halogens is 5. The van der Waals surface area contributed by atoms with E-state index in [1.807, 2.05) is 0 Å². The first kappa shape index (κ1) is 19.5. The van der Waals surface area contributed by atoms with Crippen molar-refractivity contribution in [2.24, 2.45) is 0 Å². The summed E-state index contributed by atoms with van der Waals surface area (Å²) in [5.41, 5.74) is -1.43. The van der Waals surface area contributed by atoms with E-state index in [2.05, 4.69) is 4.74 Å². The summed E-state index contributed by atoms with van der Waals surface area (Å²) in [7, 11) is 2.25. The van der Waals surface area contributed by atoms with Crippen molar-refractivity contribution in [3.63, 3.8) is 0 Å². The molecule has 0 bridgehead atoms. The highest BCUT2D eigenvalue weighted by Crippen LogP contribution is 2.44. The van der Waals surface area contributed by atoms with Crippen molar-refractivity contribution in [1.29, 1.82) is 0 Å². The van der Waals surface area contributed by atoms with Crippen LogP contribution in [0.3, 0.4) is 0 Å². The van der Waals surface area contributed by atoms with Gasteiger partial charge in [0.2, 0.25) is 5.75 Å². The van der Waals surface area contributed by atoms with Crippen molar-refractivity contribution >= 4 is 5.78 Å². The molecule has 2 aromatic carbocycles. The van der Waals surface area contributed by atoms with E-state index in [4.69, 9.17) is 9.47 Å². The average Bonchev–Trinajstić information content (AvgIpc) is 2.58. The predicted octanol–water partition coefficient (Wildman–Crippen LogP) is 4.45. The zero-order valence-electron chi connectivity index (χ0n) is 13.8. The molecule has 0 amide bonds. The highest BCUT2D eigenvalue weighted by atomic mass is 19.3. The number of hydrogen-bond acceptors (Lipinski definition) is 4. The largest absolute Gasteiger partial charge is 0.493 e. The van der Waals surface area contributed by atoms with E-state index in [0.29, 0.717) is 12.1 Å². The number of ketones is 1. The van der Waals surface area contributed by atoms with Crippen molar-refractivity contribution in [1.82, 2.24) is 0 Å². The second-order valence-corrected chi connectivity index (χ2v) is 5.11.